The number of hydrogen-bond acceptors (Lipinski definition) is 1. The molecule has 1 aromatic rings. The molecule has 1 N–H and O–H groups in total. The molecule has 0 radical (unpaired) electrons. The molecular formula is C16H22BrFO. The minimum Gasteiger partial charge on any atom is -0.390 e. The van der Waals surface area contributed by atoms with E-state index < -0.39 is 5.60 Å². The number of rotatable bonds is 2. The van der Waals surface area contributed by atoms with Crippen molar-refractivity contribution in [1.29, 1.82) is 0 Å². The summed E-state index contributed by atoms with van der Waals surface area (Å²) in [6.07, 6.45) is 5.56. The topological polar surface area (TPSA) is 20.2 Å². The molecule has 1 fully saturated rings. The molecule has 0 heterocycles. The summed E-state index contributed by atoms with van der Waals surface area (Å²) in [5, 5.41) is 10.8. The van der Waals surface area contributed by atoms with Gasteiger partial charge in [-0.25, -0.2) is 4.39 Å². The van der Waals surface area contributed by atoms with Crippen LogP contribution in [0.25, 0.3) is 0 Å². The van der Waals surface area contributed by atoms with E-state index in [0.29, 0.717) is 16.3 Å². The molecule has 1 atom stereocenters. The fourth-order valence-electron chi connectivity index (χ4n) is 2.92. The number of halogens is 2. The predicted molar refractivity (Wildman–Crippen MR) is 79.6 cm³/mol. The van der Waals surface area contributed by atoms with E-state index in [0.717, 1.165) is 31.2 Å². The van der Waals surface area contributed by atoms with Crippen molar-refractivity contribution in [3.8, 4) is 0 Å². The average Bonchev–Trinajstić information content (AvgIpc) is 2.44. The summed E-state index contributed by atoms with van der Waals surface area (Å²) in [5.41, 5.74) is 0.689. The Morgan fingerprint density at radius 1 is 1.21 bits per heavy atom. The van der Waals surface area contributed by atoms with Crippen LogP contribution >= 0.6 is 15.9 Å². The first-order valence-corrected chi connectivity index (χ1v) is 7.75. The highest BCUT2D eigenvalue weighted by atomic mass is 79.9. The molecule has 0 bridgehead atoms. The standard InChI is InChI=1S/C16H22BrFO/c1-15(2)6-3-7-16(19,9-8-15)11-12-4-5-14(18)13(17)10-12/h4-5,10,19H,3,6-9,11H2,1-2H3. The van der Waals surface area contributed by atoms with Crippen molar-refractivity contribution in [3.05, 3.63) is 34.1 Å². The van der Waals surface area contributed by atoms with E-state index in [4.69, 9.17) is 0 Å². The molecule has 1 saturated carbocycles. The summed E-state index contributed by atoms with van der Waals surface area (Å²) in [6, 6.07) is 5.01. The fourth-order valence-corrected chi connectivity index (χ4v) is 3.35. The zero-order chi connectivity index (χ0) is 14.1. The number of benzene rings is 1. The minimum absolute atomic E-state index is 0.252. The molecule has 1 nitrogen and oxygen atoms in total. The first-order chi connectivity index (χ1) is 8.80. The van der Waals surface area contributed by atoms with Gasteiger partial charge in [0.05, 0.1) is 10.1 Å². The van der Waals surface area contributed by atoms with Crippen LogP contribution in [0.4, 0.5) is 4.39 Å². The van der Waals surface area contributed by atoms with Gasteiger partial charge in [0.15, 0.2) is 0 Å². The Hall–Kier alpha value is -0.410. The molecule has 0 amide bonds. The van der Waals surface area contributed by atoms with Gasteiger partial charge < -0.3 is 5.11 Å². The van der Waals surface area contributed by atoms with E-state index >= 15 is 0 Å². The molecule has 0 aromatic heterocycles. The number of aliphatic hydroxyl groups is 1. The molecular weight excluding hydrogens is 307 g/mol. The fraction of sp³-hybridized carbons (Fsp3) is 0.625. The van der Waals surface area contributed by atoms with Crippen molar-refractivity contribution >= 4 is 15.9 Å². The first kappa shape index (κ1) is 15.0. The lowest BCUT2D eigenvalue weighted by Crippen LogP contribution is -2.31. The summed E-state index contributed by atoms with van der Waals surface area (Å²) in [6.45, 7) is 4.54. The molecule has 2 rings (SSSR count). The summed E-state index contributed by atoms with van der Waals surface area (Å²) in [4.78, 5) is 0. The highest BCUT2D eigenvalue weighted by molar-refractivity contribution is 9.10. The molecule has 19 heavy (non-hydrogen) atoms. The van der Waals surface area contributed by atoms with Gasteiger partial charge in [-0.05, 0) is 64.7 Å². The Morgan fingerprint density at radius 2 is 1.95 bits per heavy atom. The van der Waals surface area contributed by atoms with E-state index in [2.05, 4.69) is 29.8 Å². The largest absolute Gasteiger partial charge is 0.390 e. The van der Waals surface area contributed by atoms with E-state index in [1.54, 1.807) is 12.1 Å². The van der Waals surface area contributed by atoms with Gasteiger partial charge in [0.2, 0.25) is 0 Å². The Morgan fingerprint density at radius 3 is 2.63 bits per heavy atom. The Bertz CT molecular complexity index is 458. The zero-order valence-corrected chi connectivity index (χ0v) is 13.3. The van der Waals surface area contributed by atoms with Gasteiger partial charge in [0, 0.05) is 6.42 Å². The number of hydrogen-bond donors (Lipinski definition) is 1. The molecule has 0 saturated heterocycles. The maximum Gasteiger partial charge on any atom is 0.137 e. The lowest BCUT2D eigenvalue weighted by molar-refractivity contribution is 0.0226. The van der Waals surface area contributed by atoms with Gasteiger partial charge in [-0.2, -0.15) is 0 Å². The van der Waals surface area contributed by atoms with Crippen LogP contribution in [0.1, 0.15) is 51.5 Å². The SMILES string of the molecule is CC1(C)CCCC(O)(Cc2ccc(F)c(Br)c2)CC1. The Kier molecular flexibility index (Phi) is 4.36. The molecule has 1 aromatic carbocycles. The van der Waals surface area contributed by atoms with Crippen LogP contribution in [-0.2, 0) is 6.42 Å². The van der Waals surface area contributed by atoms with Gasteiger partial charge >= 0.3 is 0 Å². The molecule has 3 heteroatoms. The third-order valence-corrected chi connectivity index (χ3v) is 4.89. The second-order valence-electron chi connectivity index (χ2n) is 6.67. The van der Waals surface area contributed by atoms with E-state index in [-0.39, 0.29) is 5.82 Å². The summed E-state index contributed by atoms with van der Waals surface area (Å²) >= 11 is 3.21. The van der Waals surface area contributed by atoms with E-state index in [1.807, 2.05) is 0 Å². The van der Waals surface area contributed by atoms with Crippen molar-refractivity contribution < 1.29 is 9.50 Å². The van der Waals surface area contributed by atoms with Crippen LogP contribution in [0, 0.1) is 11.2 Å². The summed E-state index contributed by atoms with van der Waals surface area (Å²) < 4.78 is 13.7. The average molecular weight is 329 g/mol. The smallest absolute Gasteiger partial charge is 0.137 e. The summed E-state index contributed by atoms with van der Waals surface area (Å²) in [5.74, 6) is -0.252. The van der Waals surface area contributed by atoms with Gasteiger partial charge in [0.1, 0.15) is 5.82 Å². The van der Waals surface area contributed by atoms with Crippen molar-refractivity contribution in [2.24, 2.45) is 5.41 Å². The minimum atomic E-state index is -0.634. The lowest BCUT2D eigenvalue weighted by Gasteiger charge is -2.28. The van der Waals surface area contributed by atoms with E-state index in [9.17, 15) is 9.50 Å². The van der Waals surface area contributed by atoms with Gasteiger partial charge in [-0.3, -0.25) is 0 Å². The van der Waals surface area contributed by atoms with Crippen LogP contribution in [0.2, 0.25) is 0 Å². The maximum atomic E-state index is 13.2. The van der Waals surface area contributed by atoms with Gasteiger partial charge in [-0.1, -0.05) is 26.3 Å². The first-order valence-electron chi connectivity index (χ1n) is 6.96. The molecule has 0 spiro atoms. The third kappa shape index (κ3) is 4.03. The van der Waals surface area contributed by atoms with Crippen LogP contribution in [0.5, 0.6) is 0 Å². The lowest BCUT2D eigenvalue weighted by atomic mass is 9.83. The predicted octanol–water partition coefficient (Wildman–Crippen LogP) is 4.85. The summed E-state index contributed by atoms with van der Waals surface area (Å²) in [7, 11) is 0. The monoisotopic (exact) mass is 328 g/mol. The van der Waals surface area contributed by atoms with Crippen LogP contribution in [0.15, 0.2) is 22.7 Å². The van der Waals surface area contributed by atoms with Crippen molar-refractivity contribution in [2.45, 2.75) is 58.0 Å². The Balaban J connectivity index is 2.10. The van der Waals surface area contributed by atoms with Crippen molar-refractivity contribution in [3.63, 3.8) is 0 Å². The van der Waals surface area contributed by atoms with E-state index in [1.165, 1.54) is 12.5 Å². The highest BCUT2D eigenvalue weighted by Gasteiger charge is 2.33. The normalized spacial score (nSPS) is 27.0. The molecule has 1 aliphatic rings. The maximum absolute atomic E-state index is 13.2. The van der Waals surface area contributed by atoms with Gasteiger partial charge in [0.25, 0.3) is 0 Å². The van der Waals surface area contributed by atoms with Gasteiger partial charge in [-0.15, -0.1) is 0 Å². The second kappa shape index (κ2) is 5.53. The van der Waals surface area contributed by atoms with Crippen molar-refractivity contribution in [1.82, 2.24) is 0 Å². The quantitative estimate of drug-likeness (QED) is 0.769. The Labute approximate surface area is 123 Å². The van der Waals surface area contributed by atoms with Crippen LogP contribution < -0.4 is 0 Å². The van der Waals surface area contributed by atoms with Crippen LogP contribution in [0.3, 0.4) is 0 Å². The molecule has 106 valence electrons. The molecule has 1 unspecified atom stereocenters. The van der Waals surface area contributed by atoms with Crippen molar-refractivity contribution in [2.75, 3.05) is 0 Å². The molecule has 1 aliphatic carbocycles. The third-order valence-electron chi connectivity index (χ3n) is 4.28. The molecule has 0 aliphatic heterocycles. The second-order valence-corrected chi connectivity index (χ2v) is 7.52. The van der Waals surface area contributed by atoms with Crippen LogP contribution in [-0.4, -0.2) is 10.7 Å². The highest BCUT2D eigenvalue weighted by Crippen LogP contribution is 2.39. The zero-order valence-electron chi connectivity index (χ0n) is 11.7.